The van der Waals surface area contributed by atoms with Gasteiger partial charge in [0.25, 0.3) is 0 Å². The topological polar surface area (TPSA) is 49.6 Å². The minimum Gasteiger partial charge on any atom is -0.228 e. The van der Waals surface area contributed by atoms with Crippen molar-refractivity contribution in [1.82, 2.24) is 9.97 Å². The molecule has 0 saturated carbocycles. The third kappa shape index (κ3) is 6.54. The number of aromatic nitrogens is 2. The fraction of sp³-hybridized carbons (Fsp3) is 0.0167. The van der Waals surface area contributed by atoms with E-state index in [0.717, 1.165) is 72.6 Å². The number of fused-ring (bicyclic) bond motifs is 3. The average Bonchev–Trinajstić information content (AvgIpc) is 3.68. The molecule has 3 nitrogen and oxygen atoms in total. The number of rotatable bonds is 8. The molecule has 1 aliphatic rings. The summed E-state index contributed by atoms with van der Waals surface area (Å²) in [7, 11) is 0. The lowest BCUT2D eigenvalue weighted by molar-refractivity contribution is 0.768. The van der Waals surface area contributed by atoms with Crippen LogP contribution in [-0.4, -0.2) is 9.97 Å². The molecule has 3 heteroatoms. The van der Waals surface area contributed by atoms with Gasteiger partial charge >= 0.3 is 0 Å². The molecule has 9 aromatic carbocycles. The standard InChI is InChI=1S/C60H39N3/c61-40-41-28-37-54-53(38-41)58-51(26-15-27-55(58)60(54,48-20-9-3-10-21-48)49-22-11-4-12-23-49)45-33-29-42(30-34-45)43-31-35-47(36-32-43)59-62-56(46-18-7-2-8-19-46)39-57(63-59)52-25-14-13-24-50(52)44-16-5-1-6-17-44/h1-39H. The van der Waals surface area contributed by atoms with Gasteiger partial charge in [-0.15, -0.1) is 0 Å². The van der Waals surface area contributed by atoms with E-state index in [0.29, 0.717) is 11.4 Å². The molecule has 294 valence electrons. The Hall–Kier alpha value is -8.45. The van der Waals surface area contributed by atoms with Crippen molar-refractivity contribution in [1.29, 1.82) is 5.26 Å². The molecule has 1 heterocycles. The Morgan fingerprint density at radius 3 is 1.44 bits per heavy atom. The molecule has 11 rings (SSSR count). The Bertz CT molecular complexity index is 3260. The van der Waals surface area contributed by atoms with Crippen molar-refractivity contribution in [2.45, 2.75) is 5.41 Å². The summed E-state index contributed by atoms with van der Waals surface area (Å²) in [6, 6.07) is 85.6. The van der Waals surface area contributed by atoms with Crippen LogP contribution in [0.1, 0.15) is 27.8 Å². The van der Waals surface area contributed by atoms with Crippen molar-refractivity contribution in [3.8, 4) is 84.5 Å². The maximum Gasteiger partial charge on any atom is 0.160 e. The van der Waals surface area contributed by atoms with Gasteiger partial charge in [0.1, 0.15) is 0 Å². The molecule has 0 saturated heterocycles. The highest BCUT2D eigenvalue weighted by molar-refractivity contribution is 5.96. The van der Waals surface area contributed by atoms with Crippen LogP contribution in [0.3, 0.4) is 0 Å². The zero-order valence-corrected chi connectivity index (χ0v) is 34.4. The van der Waals surface area contributed by atoms with Gasteiger partial charge in [-0.25, -0.2) is 9.97 Å². The van der Waals surface area contributed by atoms with E-state index in [4.69, 9.17) is 9.97 Å². The molecule has 0 aliphatic heterocycles. The summed E-state index contributed by atoms with van der Waals surface area (Å²) in [5.74, 6) is 0.677. The number of hydrogen-bond acceptors (Lipinski definition) is 3. The van der Waals surface area contributed by atoms with E-state index in [1.54, 1.807) is 0 Å². The van der Waals surface area contributed by atoms with Crippen LogP contribution in [-0.2, 0) is 5.41 Å². The molecular weight excluding hydrogens is 763 g/mol. The summed E-state index contributed by atoms with van der Waals surface area (Å²) < 4.78 is 0. The first-order valence-electron chi connectivity index (χ1n) is 21.3. The first kappa shape index (κ1) is 37.5. The molecule has 0 fully saturated rings. The fourth-order valence-electron chi connectivity index (χ4n) is 9.55. The SMILES string of the molecule is N#Cc1ccc2c(c1)-c1c(-c3ccc(-c4ccc(-c5nc(-c6ccccc6)cc(-c6ccccc6-c6ccccc6)n5)cc4)cc3)cccc1C2(c1ccccc1)c1ccccc1. The van der Waals surface area contributed by atoms with E-state index < -0.39 is 5.41 Å². The van der Waals surface area contributed by atoms with Gasteiger partial charge in [-0.1, -0.05) is 218 Å². The van der Waals surface area contributed by atoms with Crippen molar-refractivity contribution in [2.75, 3.05) is 0 Å². The van der Waals surface area contributed by atoms with Gasteiger partial charge < -0.3 is 0 Å². The van der Waals surface area contributed by atoms with Gasteiger partial charge in [0, 0.05) is 16.7 Å². The Morgan fingerprint density at radius 1 is 0.333 bits per heavy atom. The van der Waals surface area contributed by atoms with E-state index in [1.165, 1.54) is 22.3 Å². The summed E-state index contributed by atoms with van der Waals surface area (Å²) in [6.45, 7) is 0. The van der Waals surface area contributed by atoms with Gasteiger partial charge in [-0.2, -0.15) is 5.26 Å². The highest BCUT2D eigenvalue weighted by Gasteiger charge is 2.47. The molecule has 1 aromatic heterocycles. The van der Waals surface area contributed by atoms with Crippen LogP contribution in [0.25, 0.3) is 78.4 Å². The molecule has 63 heavy (non-hydrogen) atoms. The molecule has 0 amide bonds. The van der Waals surface area contributed by atoms with E-state index in [2.05, 4.69) is 212 Å². The zero-order chi connectivity index (χ0) is 42.2. The van der Waals surface area contributed by atoms with Gasteiger partial charge in [0.2, 0.25) is 0 Å². The normalized spacial score (nSPS) is 12.2. The Morgan fingerprint density at radius 2 is 0.825 bits per heavy atom. The second kappa shape index (κ2) is 15.9. The first-order valence-corrected chi connectivity index (χ1v) is 21.3. The second-order valence-electron chi connectivity index (χ2n) is 16.0. The van der Waals surface area contributed by atoms with E-state index in [1.807, 2.05) is 30.3 Å². The molecule has 0 spiro atoms. The Kier molecular flexibility index (Phi) is 9.45. The number of benzene rings is 9. The molecule has 0 N–H and O–H groups in total. The lowest BCUT2D eigenvalue weighted by atomic mass is 9.67. The van der Waals surface area contributed by atoms with Crippen molar-refractivity contribution in [3.05, 3.63) is 264 Å². The third-order valence-electron chi connectivity index (χ3n) is 12.5. The lowest BCUT2D eigenvalue weighted by Crippen LogP contribution is -2.28. The van der Waals surface area contributed by atoms with Crippen LogP contribution in [0.15, 0.2) is 237 Å². The predicted molar refractivity (Wildman–Crippen MR) is 257 cm³/mol. The summed E-state index contributed by atoms with van der Waals surface area (Å²) in [4.78, 5) is 10.3. The molecule has 0 atom stereocenters. The van der Waals surface area contributed by atoms with Crippen LogP contribution in [0.4, 0.5) is 0 Å². The monoisotopic (exact) mass is 801 g/mol. The highest BCUT2D eigenvalue weighted by atomic mass is 14.9. The smallest absolute Gasteiger partial charge is 0.160 e. The van der Waals surface area contributed by atoms with Crippen molar-refractivity contribution in [3.63, 3.8) is 0 Å². The molecule has 0 bridgehead atoms. The van der Waals surface area contributed by atoms with E-state index >= 15 is 0 Å². The fourth-order valence-corrected chi connectivity index (χ4v) is 9.55. The highest BCUT2D eigenvalue weighted by Crippen LogP contribution is 2.58. The second-order valence-corrected chi connectivity index (χ2v) is 16.0. The van der Waals surface area contributed by atoms with E-state index in [-0.39, 0.29) is 0 Å². The summed E-state index contributed by atoms with van der Waals surface area (Å²) >= 11 is 0. The average molecular weight is 802 g/mol. The summed E-state index contributed by atoms with van der Waals surface area (Å²) in [5, 5.41) is 10.1. The minimum atomic E-state index is -0.546. The van der Waals surface area contributed by atoms with Crippen molar-refractivity contribution >= 4 is 0 Å². The quantitative estimate of drug-likeness (QED) is 0.154. The van der Waals surface area contributed by atoms with E-state index in [9.17, 15) is 5.26 Å². The Labute approximate surface area is 368 Å². The number of nitriles is 1. The summed E-state index contributed by atoms with van der Waals surface area (Å²) in [5.41, 5.74) is 18.7. The van der Waals surface area contributed by atoms with Gasteiger partial charge in [0.05, 0.1) is 28.4 Å². The maximum atomic E-state index is 10.1. The van der Waals surface area contributed by atoms with Crippen LogP contribution in [0.5, 0.6) is 0 Å². The maximum absolute atomic E-state index is 10.1. The number of nitrogens with zero attached hydrogens (tertiary/aromatic N) is 3. The molecule has 0 radical (unpaired) electrons. The van der Waals surface area contributed by atoms with Crippen LogP contribution in [0, 0.1) is 11.3 Å². The molecular formula is C60H39N3. The van der Waals surface area contributed by atoms with Crippen LogP contribution in [0.2, 0.25) is 0 Å². The third-order valence-corrected chi connectivity index (χ3v) is 12.5. The molecule has 0 unspecified atom stereocenters. The Balaban J connectivity index is 0.975. The predicted octanol–water partition coefficient (Wildman–Crippen LogP) is 14.7. The van der Waals surface area contributed by atoms with Crippen LogP contribution < -0.4 is 0 Å². The number of hydrogen-bond donors (Lipinski definition) is 0. The van der Waals surface area contributed by atoms with Crippen molar-refractivity contribution < 1.29 is 0 Å². The zero-order valence-electron chi connectivity index (χ0n) is 34.4. The lowest BCUT2D eigenvalue weighted by Gasteiger charge is -2.34. The van der Waals surface area contributed by atoms with Crippen LogP contribution >= 0.6 is 0 Å². The van der Waals surface area contributed by atoms with Gasteiger partial charge in [0.15, 0.2) is 5.82 Å². The minimum absolute atomic E-state index is 0.546. The summed E-state index contributed by atoms with van der Waals surface area (Å²) in [6.07, 6.45) is 0. The largest absolute Gasteiger partial charge is 0.228 e. The first-order chi connectivity index (χ1) is 31.2. The van der Waals surface area contributed by atoms with Gasteiger partial charge in [-0.05, 0) is 85.0 Å². The van der Waals surface area contributed by atoms with Crippen molar-refractivity contribution in [2.24, 2.45) is 0 Å². The molecule has 1 aliphatic carbocycles. The molecule has 10 aromatic rings. The van der Waals surface area contributed by atoms with Gasteiger partial charge in [-0.3, -0.25) is 0 Å².